The molecule has 0 saturated carbocycles. The monoisotopic (exact) mass is 344 g/mol. The van der Waals surface area contributed by atoms with Crippen molar-refractivity contribution in [1.29, 1.82) is 0 Å². The van der Waals surface area contributed by atoms with Gasteiger partial charge in [-0.3, -0.25) is 4.90 Å². The number of benzene rings is 3. The highest BCUT2D eigenvalue weighted by Crippen LogP contribution is 2.29. The van der Waals surface area contributed by atoms with Crippen molar-refractivity contribution in [3.63, 3.8) is 0 Å². The summed E-state index contributed by atoms with van der Waals surface area (Å²) < 4.78 is 0. The molecule has 0 spiro atoms. The highest BCUT2D eigenvalue weighted by Gasteiger charge is 2.20. The van der Waals surface area contributed by atoms with E-state index in [9.17, 15) is 4.79 Å². The molecular weight excluding hydrogens is 320 g/mol. The van der Waals surface area contributed by atoms with E-state index in [1.165, 1.54) is 0 Å². The molecule has 0 bridgehead atoms. The Bertz CT molecular complexity index is 844. The van der Waals surface area contributed by atoms with Crippen LogP contribution in [0.5, 0.6) is 0 Å². The highest BCUT2D eigenvalue weighted by atomic mass is 16.2. The molecule has 0 heterocycles. The van der Waals surface area contributed by atoms with Gasteiger partial charge in [0.05, 0.1) is 6.54 Å². The lowest BCUT2D eigenvalue weighted by molar-refractivity contribution is 0.256. The van der Waals surface area contributed by atoms with Gasteiger partial charge in [-0.05, 0) is 35.2 Å². The van der Waals surface area contributed by atoms with Crippen molar-refractivity contribution in [3.8, 4) is 0 Å². The number of nitrogens with zero attached hydrogens (tertiary/aromatic N) is 1. The number of hydrogen-bond acceptors (Lipinski definition) is 1. The average Bonchev–Trinajstić information content (AvgIpc) is 2.67. The number of carbonyl (C=O) groups excluding carboxylic acids is 1. The van der Waals surface area contributed by atoms with Crippen molar-refractivity contribution in [3.05, 3.63) is 96.1 Å². The minimum Gasteiger partial charge on any atom is -0.308 e. The molecule has 0 radical (unpaired) electrons. The van der Waals surface area contributed by atoms with Crippen LogP contribution >= 0.6 is 0 Å². The van der Waals surface area contributed by atoms with E-state index in [1.54, 1.807) is 0 Å². The van der Waals surface area contributed by atoms with Gasteiger partial charge in [0.2, 0.25) is 0 Å². The SMILES string of the molecule is CC(C)c1ccccc1N(Cc1ccccc1)C(=O)Nc1ccccc1. The predicted octanol–water partition coefficient (Wildman–Crippen LogP) is 6.05. The molecule has 0 fully saturated rings. The summed E-state index contributed by atoms with van der Waals surface area (Å²) in [7, 11) is 0. The van der Waals surface area contributed by atoms with Gasteiger partial charge in [0.15, 0.2) is 0 Å². The van der Waals surface area contributed by atoms with E-state index in [0.717, 1.165) is 22.5 Å². The standard InChI is InChI=1S/C23H24N2O/c1-18(2)21-15-9-10-16-22(21)25(17-19-11-5-3-6-12-19)23(26)24-20-13-7-4-8-14-20/h3-16,18H,17H2,1-2H3,(H,24,26). The number of anilines is 2. The molecule has 3 aromatic rings. The van der Waals surface area contributed by atoms with Gasteiger partial charge in [0.1, 0.15) is 0 Å². The maximum atomic E-state index is 13.1. The quantitative estimate of drug-likeness (QED) is 0.600. The van der Waals surface area contributed by atoms with Crippen LogP contribution in [0, 0.1) is 0 Å². The van der Waals surface area contributed by atoms with Crippen LogP contribution in [0.15, 0.2) is 84.9 Å². The first-order chi connectivity index (χ1) is 12.6. The van der Waals surface area contributed by atoms with Crippen LogP contribution in [-0.4, -0.2) is 6.03 Å². The summed E-state index contributed by atoms with van der Waals surface area (Å²) in [5.41, 5.74) is 3.98. The third kappa shape index (κ3) is 4.31. The lowest BCUT2D eigenvalue weighted by atomic mass is 10.00. The van der Waals surface area contributed by atoms with Crippen molar-refractivity contribution >= 4 is 17.4 Å². The molecule has 0 aliphatic rings. The minimum absolute atomic E-state index is 0.131. The summed E-state index contributed by atoms with van der Waals surface area (Å²) in [6.45, 7) is 4.81. The van der Waals surface area contributed by atoms with Gasteiger partial charge in [0, 0.05) is 11.4 Å². The molecule has 1 N–H and O–H groups in total. The van der Waals surface area contributed by atoms with Gasteiger partial charge in [-0.2, -0.15) is 0 Å². The topological polar surface area (TPSA) is 32.3 Å². The van der Waals surface area contributed by atoms with Crippen LogP contribution in [0.4, 0.5) is 16.2 Å². The van der Waals surface area contributed by atoms with Gasteiger partial charge in [-0.1, -0.05) is 80.6 Å². The molecule has 3 nitrogen and oxygen atoms in total. The van der Waals surface area contributed by atoms with Crippen molar-refractivity contribution in [1.82, 2.24) is 0 Å². The number of hydrogen-bond donors (Lipinski definition) is 1. The Morgan fingerprint density at radius 2 is 1.42 bits per heavy atom. The molecule has 3 aromatic carbocycles. The fourth-order valence-corrected chi connectivity index (χ4v) is 2.97. The highest BCUT2D eigenvalue weighted by molar-refractivity contribution is 6.02. The Morgan fingerprint density at radius 3 is 2.08 bits per heavy atom. The van der Waals surface area contributed by atoms with Crippen LogP contribution in [0.2, 0.25) is 0 Å². The third-order valence-electron chi connectivity index (χ3n) is 4.30. The molecule has 3 heteroatoms. The molecule has 0 atom stereocenters. The van der Waals surface area contributed by atoms with E-state index in [1.807, 2.05) is 83.8 Å². The summed E-state index contributed by atoms with van der Waals surface area (Å²) in [5, 5.41) is 3.01. The Hall–Kier alpha value is -3.07. The van der Waals surface area contributed by atoms with Crippen LogP contribution < -0.4 is 10.2 Å². The third-order valence-corrected chi connectivity index (χ3v) is 4.30. The Kier molecular flexibility index (Phi) is 5.69. The molecule has 2 amide bonds. The second-order valence-electron chi connectivity index (χ2n) is 6.58. The van der Waals surface area contributed by atoms with E-state index in [-0.39, 0.29) is 6.03 Å². The summed E-state index contributed by atoms with van der Waals surface area (Å²) in [4.78, 5) is 14.9. The van der Waals surface area contributed by atoms with E-state index in [4.69, 9.17) is 0 Å². The maximum Gasteiger partial charge on any atom is 0.326 e. The summed E-state index contributed by atoms with van der Waals surface area (Å²) >= 11 is 0. The first-order valence-corrected chi connectivity index (χ1v) is 8.91. The number of para-hydroxylation sites is 2. The average molecular weight is 344 g/mol. The fourth-order valence-electron chi connectivity index (χ4n) is 2.97. The summed E-state index contributed by atoms with van der Waals surface area (Å²) in [6.07, 6.45) is 0. The van der Waals surface area contributed by atoms with Gasteiger partial charge in [-0.25, -0.2) is 4.79 Å². The van der Waals surface area contributed by atoms with Crippen molar-refractivity contribution in [2.24, 2.45) is 0 Å². The smallest absolute Gasteiger partial charge is 0.308 e. The van der Waals surface area contributed by atoms with Crippen LogP contribution in [-0.2, 0) is 6.54 Å². The first-order valence-electron chi connectivity index (χ1n) is 8.91. The second-order valence-corrected chi connectivity index (χ2v) is 6.58. The lowest BCUT2D eigenvalue weighted by Crippen LogP contribution is -2.35. The van der Waals surface area contributed by atoms with E-state index in [2.05, 4.69) is 25.2 Å². The first kappa shape index (κ1) is 17.7. The van der Waals surface area contributed by atoms with Crippen molar-refractivity contribution in [2.45, 2.75) is 26.3 Å². The zero-order valence-electron chi connectivity index (χ0n) is 15.2. The zero-order valence-corrected chi connectivity index (χ0v) is 15.2. The van der Waals surface area contributed by atoms with Crippen LogP contribution in [0.25, 0.3) is 0 Å². The van der Waals surface area contributed by atoms with Gasteiger partial charge in [0.25, 0.3) is 0 Å². The van der Waals surface area contributed by atoms with E-state index in [0.29, 0.717) is 12.5 Å². The molecule has 0 unspecified atom stereocenters. The number of amides is 2. The number of nitrogens with one attached hydrogen (secondary N) is 1. The molecule has 26 heavy (non-hydrogen) atoms. The molecule has 0 saturated heterocycles. The lowest BCUT2D eigenvalue weighted by Gasteiger charge is -2.27. The number of rotatable bonds is 5. The minimum atomic E-state index is -0.131. The molecule has 0 aliphatic heterocycles. The van der Waals surface area contributed by atoms with Crippen LogP contribution in [0.1, 0.15) is 30.9 Å². The van der Waals surface area contributed by atoms with Gasteiger partial charge >= 0.3 is 6.03 Å². The second kappa shape index (κ2) is 8.34. The molecule has 132 valence electrons. The fraction of sp³-hybridized carbons (Fsp3) is 0.174. The summed E-state index contributed by atoms with van der Waals surface area (Å²) in [6, 6.07) is 27.6. The van der Waals surface area contributed by atoms with Crippen molar-refractivity contribution < 1.29 is 4.79 Å². The zero-order chi connectivity index (χ0) is 18.4. The Morgan fingerprint density at radius 1 is 0.846 bits per heavy atom. The molecule has 3 rings (SSSR count). The van der Waals surface area contributed by atoms with Gasteiger partial charge in [-0.15, -0.1) is 0 Å². The Labute approximate surface area is 155 Å². The van der Waals surface area contributed by atoms with E-state index < -0.39 is 0 Å². The maximum absolute atomic E-state index is 13.1. The normalized spacial score (nSPS) is 10.6. The predicted molar refractivity (Wildman–Crippen MR) is 109 cm³/mol. The van der Waals surface area contributed by atoms with Crippen molar-refractivity contribution in [2.75, 3.05) is 10.2 Å². The summed E-state index contributed by atoms with van der Waals surface area (Å²) in [5.74, 6) is 0.328. The number of carbonyl (C=O) groups is 1. The van der Waals surface area contributed by atoms with Gasteiger partial charge < -0.3 is 5.32 Å². The van der Waals surface area contributed by atoms with E-state index >= 15 is 0 Å². The molecule has 0 aromatic heterocycles. The molecular formula is C23H24N2O. The largest absolute Gasteiger partial charge is 0.326 e. The number of urea groups is 1. The van der Waals surface area contributed by atoms with Crippen LogP contribution in [0.3, 0.4) is 0 Å². The molecule has 0 aliphatic carbocycles. The Balaban J connectivity index is 1.95.